The van der Waals surface area contributed by atoms with E-state index >= 15 is 0 Å². The van der Waals surface area contributed by atoms with Gasteiger partial charge in [0.1, 0.15) is 5.82 Å². The fraction of sp³-hybridized carbons (Fsp3) is 0.300. The maximum Gasteiger partial charge on any atom is 0.362 e. The van der Waals surface area contributed by atoms with Gasteiger partial charge in [0.05, 0.1) is 11.2 Å². The molecule has 3 aromatic rings. The predicted octanol–water partition coefficient (Wildman–Crippen LogP) is 3.77. The van der Waals surface area contributed by atoms with E-state index in [0.717, 1.165) is 17.0 Å². The Balaban J connectivity index is 2.02. The number of fused-ring (bicyclic) bond motifs is 1. The van der Waals surface area contributed by atoms with Crippen molar-refractivity contribution >= 4 is 44.8 Å². The Bertz CT molecular complexity index is 1230. The SMILES string of the molecule is CCCCN(C(=O)C=Cc1c(C)nn(C)c1-n1ccc2cc(Cl)ccc21)S(=O)(=O)O. The van der Waals surface area contributed by atoms with Crippen molar-refractivity contribution in [2.45, 2.75) is 26.7 Å². The van der Waals surface area contributed by atoms with Gasteiger partial charge in [0.15, 0.2) is 0 Å². The third-order valence-electron chi connectivity index (χ3n) is 4.75. The zero-order valence-electron chi connectivity index (χ0n) is 16.9. The molecule has 0 radical (unpaired) electrons. The van der Waals surface area contributed by atoms with E-state index in [4.69, 9.17) is 11.6 Å². The summed E-state index contributed by atoms with van der Waals surface area (Å²) >= 11 is 6.08. The van der Waals surface area contributed by atoms with Crippen LogP contribution < -0.4 is 0 Å². The van der Waals surface area contributed by atoms with Gasteiger partial charge in [-0.2, -0.15) is 13.5 Å². The van der Waals surface area contributed by atoms with Crippen LogP contribution in [0.4, 0.5) is 0 Å². The van der Waals surface area contributed by atoms with E-state index in [1.54, 1.807) is 24.7 Å². The second-order valence-corrected chi connectivity index (χ2v) is 8.68. The molecule has 0 atom stereocenters. The summed E-state index contributed by atoms with van der Waals surface area (Å²) in [6.07, 6.45) is 5.67. The van der Waals surface area contributed by atoms with Gasteiger partial charge in [-0.05, 0) is 43.7 Å². The van der Waals surface area contributed by atoms with Crippen LogP contribution in [-0.4, -0.2) is 44.1 Å². The minimum absolute atomic E-state index is 0.0830. The van der Waals surface area contributed by atoms with E-state index in [1.807, 2.05) is 35.9 Å². The van der Waals surface area contributed by atoms with Crippen LogP contribution in [0.5, 0.6) is 0 Å². The summed E-state index contributed by atoms with van der Waals surface area (Å²) in [5, 5.41) is 6.02. The third-order valence-corrected chi connectivity index (χ3v) is 5.90. The van der Waals surface area contributed by atoms with E-state index in [9.17, 15) is 17.8 Å². The highest BCUT2D eigenvalue weighted by Gasteiger charge is 2.23. The molecule has 1 aromatic carbocycles. The number of halogens is 1. The van der Waals surface area contributed by atoms with E-state index in [1.165, 1.54) is 6.08 Å². The predicted molar refractivity (Wildman–Crippen MR) is 117 cm³/mol. The molecule has 0 fully saturated rings. The fourth-order valence-electron chi connectivity index (χ4n) is 3.32. The van der Waals surface area contributed by atoms with Gasteiger partial charge in [-0.3, -0.25) is 14.0 Å². The van der Waals surface area contributed by atoms with Crippen LogP contribution in [0.2, 0.25) is 5.02 Å². The summed E-state index contributed by atoms with van der Waals surface area (Å²) in [5.41, 5.74) is 2.23. The molecule has 8 nitrogen and oxygen atoms in total. The molecule has 30 heavy (non-hydrogen) atoms. The molecule has 2 heterocycles. The maximum atomic E-state index is 12.5. The number of rotatable bonds is 7. The van der Waals surface area contributed by atoms with Crippen molar-refractivity contribution in [1.29, 1.82) is 0 Å². The van der Waals surface area contributed by atoms with Crippen LogP contribution in [0.3, 0.4) is 0 Å². The van der Waals surface area contributed by atoms with Crippen molar-refractivity contribution in [2.24, 2.45) is 7.05 Å². The van der Waals surface area contributed by atoms with Gasteiger partial charge >= 0.3 is 10.3 Å². The number of carbonyl (C=O) groups is 1. The Hall–Kier alpha value is -2.62. The number of hydrogen-bond acceptors (Lipinski definition) is 4. The number of hydrogen-bond donors (Lipinski definition) is 1. The fourth-order valence-corrected chi connectivity index (χ4v) is 4.15. The molecule has 0 spiro atoms. The number of carbonyl (C=O) groups excluding carboxylic acids is 1. The molecule has 0 saturated carbocycles. The van der Waals surface area contributed by atoms with Crippen LogP contribution >= 0.6 is 11.6 Å². The lowest BCUT2D eigenvalue weighted by Crippen LogP contribution is -2.36. The van der Waals surface area contributed by atoms with Crippen molar-refractivity contribution in [3.63, 3.8) is 0 Å². The molecule has 0 aliphatic rings. The monoisotopic (exact) mass is 450 g/mol. The topological polar surface area (TPSA) is 97.4 Å². The first kappa shape index (κ1) is 22.1. The highest BCUT2D eigenvalue weighted by atomic mass is 35.5. The Morgan fingerprint density at radius 3 is 2.73 bits per heavy atom. The Labute approximate surface area is 180 Å². The Kier molecular flexibility index (Phi) is 6.35. The molecule has 2 aromatic heterocycles. The highest BCUT2D eigenvalue weighted by Crippen LogP contribution is 2.27. The maximum absolute atomic E-state index is 12.5. The molecule has 3 rings (SSSR count). The number of benzene rings is 1. The highest BCUT2D eigenvalue weighted by molar-refractivity contribution is 7.84. The lowest BCUT2D eigenvalue weighted by atomic mass is 10.2. The summed E-state index contributed by atoms with van der Waals surface area (Å²) in [5.74, 6) is -0.106. The van der Waals surface area contributed by atoms with E-state index in [0.29, 0.717) is 39.2 Å². The smallest absolute Gasteiger partial charge is 0.301 e. The Morgan fingerprint density at radius 2 is 2.07 bits per heavy atom. The molecule has 0 aliphatic carbocycles. The minimum atomic E-state index is -4.64. The molecule has 160 valence electrons. The average Bonchev–Trinajstić information content (AvgIpc) is 3.18. The quantitative estimate of drug-likeness (QED) is 0.436. The second-order valence-electron chi connectivity index (χ2n) is 6.91. The number of amides is 1. The zero-order valence-corrected chi connectivity index (χ0v) is 18.5. The van der Waals surface area contributed by atoms with Gasteiger partial charge in [0.25, 0.3) is 5.91 Å². The van der Waals surface area contributed by atoms with Gasteiger partial charge in [-0.25, -0.2) is 4.31 Å². The molecular weight excluding hydrogens is 428 g/mol. The number of nitrogens with zero attached hydrogens (tertiary/aromatic N) is 4. The first-order valence-electron chi connectivity index (χ1n) is 9.41. The normalized spacial score (nSPS) is 12.2. The van der Waals surface area contributed by atoms with Gasteiger partial charge in [0.2, 0.25) is 0 Å². The van der Waals surface area contributed by atoms with Crippen LogP contribution in [0.1, 0.15) is 31.0 Å². The molecule has 1 N–H and O–H groups in total. The molecule has 1 amide bonds. The molecule has 0 aliphatic heterocycles. The molecular formula is C20H23ClN4O4S. The van der Waals surface area contributed by atoms with Gasteiger partial charge in [-0.15, -0.1) is 0 Å². The summed E-state index contributed by atoms with van der Waals surface area (Å²) in [6, 6.07) is 7.46. The van der Waals surface area contributed by atoms with E-state index < -0.39 is 16.2 Å². The second kappa shape index (κ2) is 8.63. The third kappa shape index (κ3) is 4.43. The van der Waals surface area contributed by atoms with Gasteiger partial charge in [-0.1, -0.05) is 24.9 Å². The summed E-state index contributed by atoms with van der Waals surface area (Å²) in [6.45, 7) is 3.58. The van der Waals surface area contributed by atoms with E-state index in [2.05, 4.69) is 5.10 Å². The molecule has 0 unspecified atom stereocenters. The summed E-state index contributed by atoms with van der Waals surface area (Å²) in [4.78, 5) is 12.5. The Morgan fingerprint density at radius 1 is 1.33 bits per heavy atom. The molecule has 10 heteroatoms. The molecule has 0 bridgehead atoms. The largest absolute Gasteiger partial charge is 0.362 e. The average molecular weight is 451 g/mol. The lowest BCUT2D eigenvalue weighted by molar-refractivity contribution is -0.121. The summed E-state index contributed by atoms with van der Waals surface area (Å²) in [7, 11) is -2.85. The standard InChI is InChI=1S/C20H23ClN4O4S/c1-4-5-11-25(30(27,28)29)19(26)9-7-17-14(2)22-23(3)20(17)24-12-10-15-13-16(21)6-8-18(15)24/h6-10,12-13H,4-5,11H2,1-3H3,(H,27,28,29). The van der Waals surface area contributed by atoms with Crippen LogP contribution in [-0.2, 0) is 22.1 Å². The molecule has 0 saturated heterocycles. The van der Waals surface area contributed by atoms with Crippen LogP contribution in [0.25, 0.3) is 22.8 Å². The number of unbranched alkanes of at least 4 members (excludes halogenated alkanes) is 1. The zero-order chi connectivity index (χ0) is 22.1. The van der Waals surface area contributed by atoms with Crippen LogP contribution in [0, 0.1) is 6.92 Å². The van der Waals surface area contributed by atoms with Crippen molar-refractivity contribution in [3.8, 4) is 5.82 Å². The number of aryl methyl sites for hydroxylation is 2. The first-order valence-corrected chi connectivity index (χ1v) is 11.2. The number of aromatic nitrogens is 3. The first-order chi connectivity index (χ1) is 14.1. The van der Waals surface area contributed by atoms with Crippen molar-refractivity contribution in [1.82, 2.24) is 18.7 Å². The van der Waals surface area contributed by atoms with Crippen molar-refractivity contribution in [3.05, 3.63) is 52.8 Å². The van der Waals surface area contributed by atoms with Crippen molar-refractivity contribution in [2.75, 3.05) is 6.54 Å². The van der Waals surface area contributed by atoms with Gasteiger partial charge in [0, 0.05) is 41.8 Å². The van der Waals surface area contributed by atoms with E-state index in [-0.39, 0.29) is 6.54 Å². The minimum Gasteiger partial charge on any atom is -0.301 e. The van der Waals surface area contributed by atoms with Gasteiger partial charge < -0.3 is 4.57 Å². The van der Waals surface area contributed by atoms with Crippen LogP contribution in [0.15, 0.2) is 36.5 Å². The summed E-state index contributed by atoms with van der Waals surface area (Å²) < 4.78 is 36.6. The lowest BCUT2D eigenvalue weighted by Gasteiger charge is -2.16. The van der Waals surface area contributed by atoms with Crippen molar-refractivity contribution < 1.29 is 17.8 Å².